The zero-order chi connectivity index (χ0) is 21.8. The van der Waals surface area contributed by atoms with Gasteiger partial charge in [-0.05, 0) is 63.1 Å². The first-order chi connectivity index (χ1) is 13.5. The Labute approximate surface area is 181 Å². The van der Waals surface area contributed by atoms with Gasteiger partial charge in [0.05, 0.1) is 16.5 Å². The second-order valence-corrected chi connectivity index (χ2v) is 8.80. The van der Waals surface area contributed by atoms with Crippen molar-refractivity contribution in [1.29, 1.82) is 0 Å². The Morgan fingerprint density at radius 1 is 1.03 bits per heavy atom. The van der Waals surface area contributed by atoms with E-state index >= 15 is 0 Å². The molecule has 2 aromatic carbocycles. The Morgan fingerprint density at radius 2 is 1.62 bits per heavy atom. The van der Waals surface area contributed by atoms with Crippen molar-refractivity contribution in [3.63, 3.8) is 0 Å². The summed E-state index contributed by atoms with van der Waals surface area (Å²) < 4.78 is 13.2. The van der Waals surface area contributed by atoms with Gasteiger partial charge in [0.15, 0.2) is 0 Å². The fourth-order valence-corrected chi connectivity index (χ4v) is 3.09. The first-order valence-corrected chi connectivity index (χ1v) is 10.0. The molecule has 156 valence electrons. The molecule has 2 aromatic rings. The maximum absolute atomic E-state index is 13.2. The van der Waals surface area contributed by atoms with E-state index in [0.29, 0.717) is 15.6 Å². The van der Waals surface area contributed by atoms with Gasteiger partial charge in [-0.25, -0.2) is 4.39 Å². The summed E-state index contributed by atoms with van der Waals surface area (Å²) in [5.74, 6) is -0.868. The molecule has 0 aliphatic carbocycles. The van der Waals surface area contributed by atoms with Crippen LogP contribution in [0, 0.1) is 5.82 Å². The first-order valence-electron chi connectivity index (χ1n) is 9.26. The molecule has 0 radical (unpaired) electrons. The van der Waals surface area contributed by atoms with Crippen LogP contribution in [0.15, 0.2) is 42.5 Å². The third-order valence-electron chi connectivity index (χ3n) is 4.27. The minimum atomic E-state index is -0.713. The number of nitrogens with one attached hydrogen (secondary N) is 1. The van der Waals surface area contributed by atoms with E-state index in [1.54, 1.807) is 37.3 Å². The molecule has 7 heteroatoms. The van der Waals surface area contributed by atoms with Gasteiger partial charge in [0.25, 0.3) is 0 Å². The van der Waals surface area contributed by atoms with Crippen molar-refractivity contribution in [2.24, 2.45) is 0 Å². The van der Waals surface area contributed by atoms with E-state index in [2.05, 4.69) is 5.32 Å². The number of nitrogens with zero attached hydrogens (tertiary/aromatic N) is 1. The minimum absolute atomic E-state index is 0.0607. The summed E-state index contributed by atoms with van der Waals surface area (Å²) in [5.41, 5.74) is 0.987. The standard InChI is InChI=1S/C22H25Cl2FN2O2/c1-14(21(29)26-22(2,3)4)27(13-15-5-8-17(25)9-6-15)20(28)12-16-7-10-18(23)19(24)11-16/h5-11,14H,12-13H2,1-4H3,(H,26,29)/t14-/m0/s1. The van der Waals surface area contributed by atoms with Gasteiger partial charge < -0.3 is 10.2 Å². The van der Waals surface area contributed by atoms with Crippen LogP contribution in [-0.2, 0) is 22.6 Å². The van der Waals surface area contributed by atoms with Crippen LogP contribution in [0.2, 0.25) is 10.0 Å². The molecule has 29 heavy (non-hydrogen) atoms. The van der Waals surface area contributed by atoms with E-state index in [4.69, 9.17) is 23.2 Å². The summed E-state index contributed by atoms with van der Waals surface area (Å²) in [6.45, 7) is 7.48. The smallest absolute Gasteiger partial charge is 0.242 e. The van der Waals surface area contributed by atoms with Crippen molar-refractivity contribution in [2.75, 3.05) is 0 Å². The van der Waals surface area contributed by atoms with Crippen molar-refractivity contribution in [1.82, 2.24) is 10.2 Å². The number of carbonyl (C=O) groups excluding carboxylic acids is 2. The maximum atomic E-state index is 13.2. The average Bonchev–Trinajstić information content (AvgIpc) is 2.62. The summed E-state index contributed by atoms with van der Waals surface area (Å²) in [6.07, 6.45) is 0.0607. The van der Waals surface area contributed by atoms with Crippen LogP contribution >= 0.6 is 23.2 Å². The fraction of sp³-hybridized carbons (Fsp3) is 0.364. The molecule has 0 bridgehead atoms. The van der Waals surface area contributed by atoms with E-state index in [-0.39, 0.29) is 30.6 Å². The molecule has 0 aliphatic heterocycles. The molecule has 1 atom stereocenters. The summed E-state index contributed by atoms with van der Waals surface area (Å²) in [6, 6.07) is 10.1. The van der Waals surface area contributed by atoms with Gasteiger partial charge in [0.2, 0.25) is 11.8 Å². The van der Waals surface area contributed by atoms with Crippen LogP contribution in [-0.4, -0.2) is 28.3 Å². The molecule has 0 fully saturated rings. The van der Waals surface area contributed by atoms with Crippen molar-refractivity contribution in [3.8, 4) is 0 Å². The van der Waals surface area contributed by atoms with E-state index in [9.17, 15) is 14.0 Å². The quantitative estimate of drug-likeness (QED) is 0.688. The largest absolute Gasteiger partial charge is 0.350 e. The van der Waals surface area contributed by atoms with E-state index in [0.717, 1.165) is 5.56 Å². The van der Waals surface area contributed by atoms with Gasteiger partial charge in [-0.3, -0.25) is 9.59 Å². The average molecular weight is 439 g/mol. The lowest BCUT2D eigenvalue weighted by Gasteiger charge is -2.31. The lowest BCUT2D eigenvalue weighted by molar-refractivity contribution is -0.140. The zero-order valence-electron chi connectivity index (χ0n) is 16.9. The number of rotatable bonds is 6. The van der Waals surface area contributed by atoms with Gasteiger partial charge in [-0.1, -0.05) is 41.4 Å². The summed E-state index contributed by atoms with van der Waals surface area (Å²) in [7, 11) is 0. The second-order valence-electron chi connectivity index (χ2n) is 7.99. The third kappa shape index (κ3) is 7.02. The molecule has 1 N–H and O–H groups in total. The Hall–Kier alpha value is -2.11. The molecule has 2 rings (SSSR count). The third-order valence-corrected chi connectivity index (χ3v) is 5.01. The second kappa shape index (κ2) is 9.59. The number of halogens is 3. The normalized spacial score (nSPS) is 12.4. The first kappa shape index (κ1) is 23.2. The minimum Gasteiger partial charge on any atom is -0.350 e. The van der Waals surface area contributed by atoms with Gasteiger partial charge >= 0.3 is 0 Å². The van der Waals surface area contributed by atoms with Gasteiger partial charge in [0.1, 0.15) is 11.9 Å². The molecule has 0 aliphatic rings. The summed E-state index contributed by atoms with van der Waals surface area (Å²) in [4.78, 5) is 27.3. The maximum Gasteiger partial charge on any atom is 0.242 e. The van der Waals surface area contributed by atoms with E-state index in [1.165, 1.54) is 17.0 Å². The molecular formula is C22H25Cl2FN2O2. The van der Waals surface area contributed by atoms with Crippen molar-refractivity contribution in [3.05, 3.63) is 69.5 Å². The highest BCUT2D eigenvalue weighted by atomic mass is 35.5. The number of carbonyl (C=O) groups is 2. The number of hydrogen-bond acceptors (Lipinski definition) is 2. The number of hydrogen-bond donors (Lipinski definition) is 1. The van der Waals surface area contributed by atoms with Gasteiger partial charge in [-0.2, -0.15) is 0 Å². The van der Waals surface area contributed by atoms with Crippen LogP contribution in [0.1, 0.15) is 38.8 Å². The van der Waals surface area contributed by atoms with Crippen molar-refractivity contribution < 1.29 is 14.0 Å². The molecule has 0 spiro atoms. The molecular weight excluding hydrogens is 414 g/mol. The molecule has 0 heterocycles. The Kier molecular flexibility index (Phi) is 7.66. The Balaban J connectivity index is 2.26. The van der Waals surface area contributed by atoms with Crippen LogP contribution in [0.3, 0.4) is 0 Å². The molecule has 0 saturated carbocycles. The SMILES string of the molecule is C[C@@H](C(=O)NC(C)(C)C)N(Cc1ccc(F)cc1)C(=O)Cc1ccc(Cl)c(Cl)c1. The predicted molar refractivity (Wildman–Crippen MR) is 114 cm³/mol. The predicted octanol–water partition coefficient (Wildman–Crippen LogP) is 5.01. The monoisotopic (exact) mass is 438 g/mol. The summed E-state index contributed by atoms with van der Waals surface area (Å²) >= 11 is 12.0. The fourth-order valence-electron chi connectivity index (χ4n) is 2.77. The number of amides is 2. The van der Waals surface area contributed by atoms with E-state index < -0.39 is 11.6 Å². The Bertz CT molecular complexity index is 879. The van der Waals surface area contributed by atoms with Gasteiger partial charge in [0, 0.05) is 12.1 Å². The van der Waals surface area contributed by atoms with Crippen LogP contribution in [0.4, 0.5) is 4.39 Å². The van der Waals surface area contributed by atoms with Crippen LogP contribution in [0.25, 0.3) is 0 Å². The highest BCUT2D eigenvalue weighted by Gasteiger charge is 2.28. The van der Waals surface area contributed by atoms with E-state index in [1.807, 2.05) is 20.8 Å². The molecule has 0 aromatic heterocycles. The molecule has 0 unspecified atom stereocenters. The molecule has 0 saturated heterocycles. The lowest BCUT2D eigenvalue weighted by Crippen LogP contribution is -2.52. The van der Waals surface area contributed by atoms with Crippen molar-refractivity contribution >= 4 is 35.0 Å². The molecule has 4 nitrogen and oxygen atoms in total. The molecule has 2 amide bonds. The highest BCUT2D eigenvalue weighted by Crippen LogP contribution is 2.23. The van der Waals surface area contributed by atoms with Crippen molar-refractivity contribution in [2.45, 2.75) is 52.2 Å². The number of benzene rings is 2. The van der Waals surface area contributed by atoms with Crippen LogP contribution < -0.4 is 5.32 Å². The lowest BCUT2D eigenvalue weighted by atomic mass is 10.1. The Morgan fingerprint density at radius 3 is 2.17 bits per heavy atom. The summed E-state index contributed by atoms with van der Waals surface area (Å²) in [5, 5.41) is 3.67. The highest BCUT2D eigenvalue weighted by molar-refractivity contribution is 6.42. The topological polar surface area (TPSA) is 49.4 Å². The van der Waals surface area contributed by atoms with Gasteiger partial charge in [-0.15, -0.1) is 0 Å². The zero-order valence-corrected chi connectivity index (χ0v) is 18.4. The van der Waals surface area contributed by atoms with Crippen LogP contribution in [0.5, 0.6) is 0 Å².